The molecule has 0 spiro atoms. The second-order valence-corrected chi connectivity index (χ2v) is 5.22. The van der Waals surface area contributed by atoms with Gasteiger partial charge in [-0.25, -0.2) is 0 Å². The molecule has 1 aliphatic carbocycles. The number of ether oxygens (including phenoxy) is 2. The summed E-state index contributed by atoms with van der Waals surface area (Å²) in [5, 5.41) is 0.978. The number of fused-ring (bicyclic) bond motifs is 1. The average Bonchev–Trinajstić information content (AvgIpc) is 2.45. The molecule has 104 valence electrons. The SMILES string of the molecule is COC(=O)CC1(Oc2cccc3ncccc23)CCC1. The van der Waals surface area contributed by atoms with Crippen LogP contribution in [0.15, 0.2) is 36.5 Å². The largest absolute Gasteiger partial charge is 0.486 e. The molecule has 4 nitrogen and oxygen atoms in total. The monoisotopic (exact) mass is 271 g/mol. The van der Waals surface area contributed by atoms with Gasteiger partial charge in [0, 0.05) is 11.6 Å². The van der Waals surface area contributed by atoms with E-state index in [2.05, 4.69) is 4.98 Å². The Hall–Kier alpha value is -2.10. The summed E-state index contributed by atoms with van der Waals surface area (Å²) in [7, 11) is 1.41. The Kier molecular flexibility index (Phi) is 3.30. The summed E-state index contributed by atoms with van der Waals surface area (Å²) in [6.07, 6.45) is 4.93. The lowest BCUT2D eigenvalue weighted by Crippen LogP contribution is -2.45. The lowest BCUT2D eigenvalue weighted by Gasteiger charge is -2.41. The van der Waals surface area contributed by atoms with E-state index in [1.54, 1.807) is 6.20 Å². The van der Waals surface area contributed by atoms with E-state index in [4.69, 9.17) is 9.47 Å². The summed E-state index contributed by atoms with van der Waals surface area (Å²) >= 11 is 0. The highest BCUT2D eigenvalue weighted by molar-refractivity contribution is 5.85. The molecule has 0 radical (unpaired) electrons. The molecule has 1 heterocycles. The molecule has 0 amide bonds. The van der Waals surface area contributed by atoms with E-state index in [1.165, 1.54) is 7.11 Å². The molecule has 0 N–H and O–H groups in total. The van der Waals surface area contributed by atoms with Gasteiger partial charge < -0.3 is 9.47 Å². The molecule has 1 aromatic carbocycles. The maximum Gasteiger partial charge on any atom is 0.309 e. The van der Waals surface area contributed by atoms with Crippen molar-refractivity contribution in [2.24, 2.45) is 0 Å². The van der Waals surface area contributed by atoms with Gasteiger partial charge in [-0.1, -0.05) is 6.07 Å². The number of carbonyl (C=O) groups excluding carboxylic acids is 1. The molecule has 1 aliphatic rings. The van der Waals surface area contributed by atoms with Gasteiger partial charge in [0.2, 0.25) is 0 Å². The molecule has 0 saturated heterocycles. The molecular formula is C16H17NO3. The Morgan fingerprint density at radius 2 is 2.15 bits per heavy atom. The van der Waals surface area contributed by atoms with Crippen LogP contribution in [0.25, 0.3) is 10.9 Å². The third-order valence-corrected chi connectivity index (χ3v) is 3.89. The van der Waals surface area contributed by atoms with Crippen LogP contribution >= 0.6 is 0 Å². The number of hydrogen-bond acceptors (Lipinski definition) is 4. The fraction of sp³-hybridized carbons (Fsp3) is 0.375. The number of esters is 1. The molecule has 0 unspecified atom stereocenters. The van der Waals surface area contributed by atoms with Crippen molar-refractivity contribution in [1.82, 2.24) is 4.98 Å². The van der Waals surface area contributed by atoms with Gasteiger partial charge in [-0.05, 0) is 43.5 Å². The van der Waals surface area contributed by atoms with E-state index in [9.17, 15) is 4.79 Å². The zero-order valence-electron chi connectivity index (χ0n) is 11.5. The van der Waals surface area contributed by atoms with Gasteiger partial charge in [-0.2, -0.15) is 0 Å². The normalized spacial score (nSPS) is 16.4. The molecule has 20 heavy (non-hydrogen) atoms. The maximum absolute atomic E-state index is 11.6. The third kappa shape index (κ3) is 2.33. The lowest BCUT2D eigenvalue weighted by atomic mass is 9.77. The number of aromatic nitrogens is 1. The Morgan fingerprint density at radius 1 is 1.30 bits per heavy atom. The van der Waals surface area contributed by atoms with Gasteiger partial charge in [0.05, 0.1) is 19.0 Å². The first-order valence-electron chi connectivity index (χ1n) is 6.82. The number of pyridine rings is 1. The minimum Gasteiger partial charge on any atom is -0.486 e. The predicted molar refractivity (Wildman–Crippen MR) is 75.6 cm³/mol. The van der Waals surface area contributed by atoms with E-state index in [0.717, 1.165) is 35.9 Å². The minimum absolute atomic E-state index is 0.219. The quantitative estimate of drug-likeness (QED) is 0.802. The number of methoxy groups -OCH3 is 1. The fourth-order valence-corrected chi connectivity index (χ4v) is 2.62. The highest BCUT2D eigenvalue weighted by atomic mass is 16.5. The van der Waals surface area contributed by atoms with Crippen LogP contribution in [0.5, 0.6) is 5.75 Å². The van der Waals surface area contributed by atoms with Gasteiger partial charge in [0.1, 0.15) is 11.4 Å². The van der Waals surface area contributed by atoms with Crippen molar-refractivity contribution < 1.29 is 14.3 Å². The smallest absolute Gasteiger partial charge is 0.309 e. The van der Waals surface area contributed by atoms with E-state index in [0.29, 0.717) is 6.42 Å². The van der Waals surface area contributed by atoms with Crippen molar-refractivity contribution >= 4 is 16.9 Å². The van der Waals surface area contributed by atoms with Gasteiger partial charge in [0.25, 0.3) is 0 Å². The second kappa shape index (κ2) is 5.12. The number of rotatable bonds is 4. The van der Waals surface area contributed by atoms with Gasteiger partial charge in [-0.15, -0.1) is 0 Å². The van der Waals surface area contributed by atoms with Crippen LogP contribution in [0.3, 0.4) is 0 Å². The summed E-state index contributed by atoms with van der Waals surface area (Å²) in [5.74, 6) is 0.572. The zero-order chi connectivity index (χ0) is 14.0. The van der Waals surface area contributed by atoms with Gasteiger partial charge in [-0.3, -0.25) is 9.78 Å². The van der Waals surface area contributed by atoms with E-state index in [1.807, 2.05) is 30.3 Å². The topological polar surface area (TPSA) is 48.4 Å². The van der Waals surface area contributed by atoms with Crippen molar-refractivity contribution in [2.75, 3.05) is 7.11 Å². The molecule has 1 saturated carbocycles. The zero-order valence-corrected chi connectivity index (χ0v) is 11.5. The first-order valence-corrected chi connectivity index (χ1v) is 6.82. The molecule has 1 aromatic heterocycles. The molecule has 4 heteroatoms. The van der Waals surface area contributed by atoms with Gasteiger partial charge >= 0.3 is 5.97 Å². The number of hydrogen-bond donors (Lipinski definition) is 0. The maximum atomic E-state index is 11.6. The van der Waals surface area contributed by atoms with Crippen LogP contribution in [0.2, 0.25) is 0 Å². The van der Waals surface area contributed by atoms with Crippen LogP contribution in [0, 0.1) is 0 Å². The highest BCUT2D eigenvalue weighted by Gasteiger charge is 2.42. The molecule has 0 aliphatic heterocycles. The molecule has 1 fully saturated rings. The van der Waals surface area contributed by atoms with E-state index < -0.39 is 5.60 Å². The Balaban J connectivity index is 1.90. The summed E-state index contributed by atoms with van der Waals surface area (Å²) in [5.41, 5.74) is 0.495. The van der Waals surface area contributed by atoms with Crippen LogP contribution in [0.4, 0.5) is 0 Å². The Labute approximate surface area is 117 Å². The summed E-state index contributed by atoms with van der Waals surface area (Å²) in [6, 6.07) is 9.69. The first-order chi connectivity index (χ1) is 9.72. The van der Waals surface area contributed by atoms with Crippen molar-refractivity contribution in [3.05, 3.63) is 36.5 Å². The average molecular weight is 271 g/mol. The summed E-state index contributed by atoms with van der Waals surface area (Å²) in [4.78, 5) is 15.9. The molecule has 0 bridgehead atoms. The molecular weight excluding hydrogens is 254 g/mol. The molecule has 0 atom stereocenters. The van der Waals surface area contributed by atoms with Gasteiger partial charge in [0.15, 0.2) is 0 Å². The first kappa shape index (κ1) is 12.9. The third-order valence-electron chi connectivity index (χ3n) is 3.89. The molecule has 3 rings (SSSR count). The minimum atomic E-state index is -0.406. The van der Waals surface area contributed by atoms with Crippen LogP contribution in [-0.4, -0.2) is 23.7 Å². The van der Waals surface area contributed by atoms with Crippen molar-refractivity contribution in [3.63, 3.8) is 0 Å². The van der Waals surface area contributed by atoms with Crippen molar-refractivity contribution in [3.8, 4) is 5.75 Å². The summed E-state index contributed by atoms with van der Waals surface area (Å²) in [6.45, 7) is 0. The second-order valence-electron chi connectivity index (χ2n) is 5.22. The van der Waals surface area contributed by atoms with E-state index >= 15 is 0 Å². The Morgan fingerprint density at radius 3 is 2.85 bits per heavy atom. The predicted octanol–water partition coefficient (Wildman–Crippen LogP) is 3.10. The lowest BCUT2D eigenvalue weighted by molar-refractivity contribution is -0.148. The fourth-order valence-electron chi connectivity index (χ4n) is 2.62. The Bertz CT molecular complexity index is 629. The van der Waals surface area contributed by atoms with Crippen LogP contribution in [0.1, 0.15) is 25.7 Å². The standard InChI is InChI=1S/C16H17NO3/c1-19-15(18)11-16(8-4-9-16)20-14-7-2-6-13-12(14)5-3-10-17-13/h2-3,5-7,10H,4,8-9,11H2,1H3. The van der Waals surface area contributed by atoms with Crippen molar-refractivity contribution in [1.29, 1.82) is 0 Å². The van der Waals surface area contributed by atoms with Crippen LogP contribution < -0.4 is 4.74 Å². The summed E-state index contributed by atoms with van der Waals surface area (Å²) < 4.78 is 11.0. The van der Waals surface area contributed by atoms with Crippen LogP contribution in [-0.2, 0) is 9.53 Å². The number of benzene rings is 1. The number of nitrogens with zero attached hydrogens (tertiary/aromatic N) is 1. The van der Waals surface area contributed by atoms with E-state index in [-0.39, 0.29) is 5.97 Å². The number of carbonyl (C=O) groups is 1. The molecule has 2 aromatic rings. The van der Waals surface area contributed by atoms with Crippen molar-refractivity contribution in [2.45, 2.75) is 31.3 Å². The highest BCUT2D eigenvalue weighted by Crippen LogP contribution is 2.41.